The Labute approximate surface area is 310 Å². The van der Waals surface area contributed by atoms with E-state index in [1.54, 1.807) is 6.07 Å². The highest BCUT2D eigenvalue weighted by Gasteiger charge is 2.64. The van der Waals surface area contributed by atoms with Crippen molar-refractivity contribution in [2.75, 3.05) is 27.2 Å². The summed E-state index contributed by atoms with van der Waals surface area (Å²) >= 11 is 0. The molecule has 5 aromatic rings. The third kappa shape index (κ3) is 5.69. The molecule has 2 saturated carbocycles. The van der Waals surface area contributed by atoms with E-state index in [4.69, 9.17) is 9.40 Å². The SMILES string of the molecule is CCc1ccc2c(c1)C1CC1(C(=O)N1CCC(c3nc4ccccc4o3)CC1)Cn1c-2c(C2CCCCC2)c2ccc(C(=O)NS(=O)(=O)N(C)C)cc21. The summed E-state index contributed by atoms with van der Waals surface area (Å²) in [6.07, 6.45) is 9.06. The molecule has 53 heavy (non-hydrogen) atoms. The summed E-state index contributed by atoms with van der Waals surface area (Å²) in [7, 11) is -1.19. The number of likely N-dealkylation sites (tertiary alicyclic amines) is 1. The van der Waals surface area contributed by atoms with Crippen LogP contribution in [0.1, 0.15) is 109 Å². The normalized spacial score (nSPS) is 22.0. The average molecular weight is 734 g/mol. The van der Waals surface area contributed by atoms with Gasteiger partial charge in [-0.05, 0) is 85.4 Å². The Bertz CT molecular complexity index is 2350. The number of rotatable bonds is 7. The van der Waals surface area contributed by atoms with E-state index in [2.05, 4.69) is 39.3 Å². The van der Waals surface area contributed by atoms with Crippen molar-refractivity contribution < 1.29 is 22.4 Å². The first-order chi connectivity index (χ1) is 25.6. The summed E-state index contributed by atoms with van der Waals surface area (Å²) in [5, 5.41) is 1.09. The Balaban J connectivity index is 1.13. The topological polar surface area (TPSA) is 118 Å². The number of fused-ring (bicyclic) bond motifs is 8. The van der Waals surface area contributed by atoms with Gasteiger partial charge in [0.25, 0.3) is 5.91 Å². The zero-order valence-electron chi connectivity index (χ0n) is 30.7. The van der Waals surface area contributed by atoms with E-state index in [9.17, 15) is 13.2 Å². The molecule has 2 aromatic heterocycles. The van der Waals surface area contributed by atoms with E-state index in [-0.39, 0.29) is 23.3 Å². The molecule has 0 spiro atoms. The van der Waals surface area contributed by atoms with Crippen LogP contribution >= 0.6 is 0 Å². The first-order valence-corrected chi connectivity index (χ1v) is 20.7. The summed E-state index contributed by atoms with van der Waals surface area (Å²) in [6.45, 7) is 3.99. The maximum atomic E-state index is 15.0. The smallest absolute Gasteiger partial charge is 0.303 e. The lowest BCUT2D eigenvalue weighted by atomic mass is 9.81. The fraction of sp³-hybridized carbons (Fsp3) is 0.452. The fourth-order valence-electron chi connectivity index (χ4n) is 9.56. The van der Waals surface area contributed by atoms with Crippen LogP contribution in [0, 0.1) is 5.41 Å². The predicted molar refractivity (Wildman–Crippen MR) is 205 cm³/mol. The molecule has 11 heteroatoms. The van der Waals surface area contributed by atoms with Gasteiger partial charge >= 0.3 is 10.2 Å². The molecule has 1 saturated heterocycles. The number of aromatic nitrogens is 2. The number of aryl methyl sites for hydroxylation is 1. The van der Waals surface area contributed by atoms with Crippen LogP contribution in [0.3, 0.4) is 0 Å². The Kier molecular flexibility index (Phi) is 8.30. The van der Waals surface area contributed by atoms with Crippen molar-refractivity contribution in [2.45, 2.75) is 89.0 Å². The molecule has 3 fully saturated rings. The van der Waals surface area contributed by atoms with Gasteiger partial charge < -0.3 is 13.9 Å². The molecule has 1 N–H and O–H groups in total. The third-order valence-electron chi connectivity index (χ3n) is 12.6. The van der Waals surface area contributed by atoms with E-state index in [0.29, 0.717) is 25.6 Å². The molecule has 2 aliphatic carbocycles. The zero-order chi connectivity index (χ0) is 36.6. The minimum Gasteiger partial charge on any atom is -0.440 e. The molecular weight excluding hydrogens is 687 g/mol. The number of piperidine rings is 1. The Morgan fingerprint density at radius 3 is 2.47 bits per heavy atom. The highest BCUT2D eigenvalue weighted by atomic mass is 32.2. The van der Waals surface area contributed by atoms with Gasteiger partial charge in [0, 0.05) is 67.6 Å². The summed E-state index contributed by atoms with van der Waals surface area (Å²) in [4.78, 5) is 35.3. The van der Waals surface area contributed by atoms with Gasteiger partial charge in [-0.15, -0.1) is 0 Å². The number of amides is 2. The fourth-order valence-corrected chi connectivity index (χ4v) is 10.1. The minimum absolute atomic E-state index is 0.0946. The lowest BCUT2D eigenvalue weighted by Crippen LogP contribution is -2.44. The van der Waals surface area contributed by atoms with E-state index in [1.165, 1.54) is 55.6 Å². The monoisotopic (exact) mass is 733 g/mol. The van der Waals surface area contributed by atoms with Crippen LogP contribution < -0.4 is 4.72 Å². The van der Waals surface area contributed by atoms with Gasteiger partial charge in [0.2, 0.25) is 5.91 Å². The number of para-hydroxylation sites is 2. The summed E-state index contributed by atoms with van der Waals surface area (Å²) in [5.74, 6) is 0.909. The van der Waals surface area contributed by atoms with E-state index in [1.807, 2.05) is 36.4 Å². The van der Waals surface area contributed by atoms with Crippen LogP contribution in [0.4, 0.5) is 0 Å². The van der Waals surface area contributed by atoms with Crippen molar-refractivity contribution in [3.05, 3.63) is 88.8 Å². The van der Waals surface area contributed by atoms with Crippen molar-refractivity contribution in [1.29, 1.82) is 0 Å². The lowest BCUT2D eigenvalue weighted by Gasteiger charge is -2.34. The Morgan fingerprint density at radius 2 is 1.74 bits per heavy atom. The third-order valence-corrected chi connectivity index (χ3v) is 14.0. The second kappa shape index (κ2) is 12.8. The Hall–Kier alpha value is -4.48. The predicted octanol–water partition coefficient (Wildman–Crippen LogP) is 7.49. The summed E-state index contributed by atoms with van der Waals surface area (Å²) in [6, 6.07) is 20.3. The number of nitrogens with zero attached hydrogens (tertiary/aromatic N) is 4. The quantitative estimate of drug-likeness (QED) is 0.185. The molecule has 0 bridgehead atoms. The molecule has 2 aliphatic heterocycles. The van der Waals surface area contributed by atoms with Crippen LogP contribution in [0.2, 0.25) is 0 Å². The summed E-state index contributed by atoms with van der Waals surface area (Å²) in [5.41, 5.74) is 8.39. The maximum absolute atomic E-state index is 15.0. The number of carbonyl (C=O) groups excluding carboxylic acids is 2. The molecule has 276 valence electrons. The molecular formula is C42H47N5O5S. The molecule has 0 radical (unpaired) electrons. The van der Waals surface area contributed by atoms with Gasteiger partial charge in [0.05, 0.1) is 11.1 Å². The number of carbonyl (C=O) groups is 2. The molecule has 3 aromatic carbocycles. The molecule has 4 aliphatic rings. The molecule has 2 unspecified atom stereocenters. The van der Waals surface area contributed by atoms with Crippen molar-refractivity contribution in [1.82, 2.24) is 23.5 Å². The van der Waals surface area contributed by atoms with Crippen LogP contribution in [0.5, 0.6) is 0 Å². The lowest BCUT2D eigenvalue weighted by molar-refractivity contribution is -0.139. The standard InChI is InChI=1S/C42H47N5O5S/c1-4-26-14-16-30-32(22-26)33-24-42(33,41(49)46-20-18-28(19-21-46)40-43-34-12-8-9-13-36(34)52-40)25-47-35-23-29(39(48)44-53(50,51)45(2)3)15-17-31(35)37(38(30)47)27-10-6-5-7-11-27/h8-9,12-17,22-23,27-28,33H,4-7,10-11,18-21,24-25H2,1-3H3,(H,44,48). The number of benzene rings is 3. The Morgan fingerprint density at radius 1 is 0.962 bits per heavy atom. The maximum Gasteiger partial charge on any atom is 0.303 e. The van der Waals surface area contributed by atoms with Crippen molar-refractivity contribution >= 4 is 44.0 Å². The first-order valence-electron chi connectivity index (χ1n) is 19.3. The van der Waals surface area contributed by atoms with Crippen LogP contribution in [0.25, 0.3) is 33.3 Å². The highest BCUT2D eigenvalue weighted by molar-refractivity contribution is 7.87. The van der Waals surface area contributed by atoms with Gasteiger partial charge in [0.15, 0.2) is 11.5 Å². The first kappa shape index (κ1) is 34.3. The zero-order valence-corrected chi connectivity index (χ0v) is 31.5. The second-order valence-corrected chi connectivity index (χ2v) is 17.8. The number of nitrogens with one attached hydrogen (secondary N) is 1. The van der Waals surface area contributed by atoms with E-state index in [0.717, 1.165) is 76.4 Å². The van der Waals surface area contributed by atoms with Gasteiger partial charge in [-0.1, -0.05) is 62.6 Å². The van der Waals surface area contributed by atoms with E-state index < -0.39 is 21.5 Å². The van der Waals surface area contributed by atoms with Gasteiger partial charge in [0.1, 0.15) is 5.52 Å². The van der Waals surface area contributed by atoms with Crippen LogP contribution in [-0.4, -0.2) is 66.2 Å². The van der Waals surface area contributed by atoms with Crippen molar-refractivity contribution in [3.8, 4) is 11.3 Å². The largest absolute Gasteiger partial charge is 0.440 e. The van der Waals surface area contributed by atoms with Crippen LogP contribution in [0.15, 0.2) is 65.1 Å². The average Bonchev–Trinajstić information content (AvgIpc) is 3.63. The molecule has 4 heterocycles. The van der Waals surface area contributed by atoms with Crippen molar-refractivity contribution in [2.24, 2.45) is 5.41 Å². The molecule has 2 amide bonds. The highest BCUT2D eigenvalue weighted by Crippen LogP contribution is 2.66. The molecule has 9 rings (SSSR count). The minimum atomic E-state index is -3.98. The number of hydrogen-bond acceptors (Lipinski definition) is 6. The van der Waals surface area contributed by atoms with Crippen molar-refractivity contribution in [3.63, 3.8) is 0 Å². The molecule has 2 atom stereocenters. The molecule has 10 nitrogen and oxygen atoms in total. The van der Waals surface area contributed by atoms with E-state index >= 15 is 4.79 Å². The van der Waals surface area contributed by atoms with Crippen LogP contribution in [-0.2, 0) is 28.0 Å². The summed E-state index contributed by atoms with van der Waals surface area (Å²) < 4.78 is 37.0. The second-order valence-electron chi connectivity index (χ2n) is 15.9. The number of hydrogen-bond donors (Lipinski definition) is 1. The van der Waals surface area contributed by atoms with Gasteiger partial charge in [-0.25, -0.2) is 9.71 Å². The number of oxazole rings is 1. The van der Waals surface area contributed by atoms with Gasteiger partial charge in [-0.2, -0.15) is 12.7 Å². The van der Waals surface area contributed by atoms with Gasteiger partial charge in [-0.3, -0.25) is 9.59 Å².